The first-order valence-electron chi connectivity index (χ1n) is 5.70. The van der Waals surface area contributed by atoms with Gasteiger partial charge >= 0.3 is 0 Å². The number of hydrogen-bond donors (Lipinski definition) is 1. The second kappa shape index (κ2) is 4.67. The lowest BCUT2D eigenvalue weighted by atomic mass is 10.0. The third-order valence-electron chi connectivity index (χ3n) is 2.88. The van der Waals surface area contributed by atoms with Crippen molar-refractivity contribution < 1.29 is 0 Å². The molecule has 2 heterocycles. The summed E-state index contributed by atoms with van der Waals surface area (Å²) in [4.78, 5) is 4.54. The van der Waals surface area contributed by atoms with E-state index in [1.165, 1.54) is 11.1 Å². The van der Waals surface area contributed by atoms with E-state index in [9.17, 15) is 0 Å². The van der Waals surface area contributed by atoms with Crippen molar-refractivity contribution in [3.63, 3.8) is 0 Å². The summed E-state index contributed by atoms with van der Waals surface area (Å²) in [5.41, 5.74) is 4.58. The molecule has 1 unspecified atom stereocenters. The van der Waals surface area contributed by atoms with Gasteiger partial charge in [-0.2, -0.15) is 5.10 Å². The van der Waals surface area contributed by atoms with E-state index in [0.717, 1.165) is 11.3 Å². The van der Waals surface area contributed by atoms with Crippen LogP contribution in [0.25, 0.3) is 0 Å². The Labute approximate surface area is 102 Å². The van der Waals surface area contributed by atoms with Crippen LogP contribution < -0.4 is 5.32 Å². The van der Waals surface area contributed by atoms with Gasteiger partial charge in [-0.1, -0.05) is 6.07 Å². The zero-order chi connectivity index (χ0) is 12.4. The number of nitrogens with zero attached hydrogens (tertiary/aromatic N) is 3. The summed E-state index contributed by atoms with van der Waals surface area (Å²) in [7, 11) is 3.87. The van der Waals surface area contributed by atoms with Gasteiger partial charge in [0.05, 0.1) is 17.9 Å². The molecule has 0 spiro atoms. The highest BCUT2D eigenvalue weighted by molar-refractivity contribution is 5.31. The quantitative estimate of drug-likeness (QED) is 0.873. The van der Waals surface area contributed by atoms with Gasteiger partial charge in [-0.05, 0) is 32.0 Å². The number of pyridine rings is 1. The van der Waals surface area contributed by atoms with Gasteiger partial charge in [-0.3, -0.25) is 9.67 Å². The molecule has 0 aliphatic carbocycles. The van der Waals surface area contributed by atoms with E-state index in [4.69, 9.17) is 0 Å². The molecule has 0 bridgehead atoms. The van der Waals surface area contributed by atoms with Gasteiger partial charge in [-0.25, -0.2) is 0 Å². The molecule has 0 saturated heterocycles. The van der Waals surface area contributed by atoms with Crippen LogP contribution in [-0.4, -0.2) is 21.8 Å². The molecule has 2 aromatic heterocycles. The van der Waals surface area contributed by atoms with Crippen molar-refractivity contribution in [3.05, 3.63) is 47.0 Å². The monoisotopic (exact) mass is 230 g/mol. The largest absolute Gasteiger partial charge is 0.308 e. The fourth-order valence-corrected chi connectivity index (χ4v) is 2.08. The minimum atomic E-state index is 0.101. The van der Waals surface area contributed by atoms with E-state index < -0.39 is 0 Å². The first kappa shape index (κ1) is 11.8. The average Bonchev–Trinajstić information content (AvgIpc) is 2.69. The molecule has 0 aliphatic rings. The smallest absolute Gasteiger partial charge is 0.0782 e. The van der Waals surface area contributed by atoms with Gasteiger partial charge in [0, 0.05) is 25.0 Å². The molecule has 0 amide bonds. The zero-order valence-corrected chi connectivity index (χ0v) is 10.7. The molecule has 2 rings (SSSR count). The van der Waals surface area contributed by atoms with Crippen LogP contribution >= 0.6 is 0 Å². The summed E-state index contributed by atoms with van der Waals surface area (Å²) >= 11 is 0. The minimum absolute atomic E-state index is 0.101. The Morgan fingerprint density at radius 2 is 2.06 bits per heavy atom. The predicted molar refractivity (Wildman–Crippen MR) is 67.8 cm³/mol. The molecule has 90 valence electrons. The summed E-state index contributed by atoms with van der Waals surface area (Å²) in [6.07, 6.45) is 5.80. The Hall–Kier alpha value is -1.68. The van der Waals surface area contributed by atoms with Crippen LogP contribution in [0.3, 0.4) is 0 Å². The van der Waals surface area contributed by atoms with Crippen LogP contribution in [0.15, 0.2) is 24.7 Å². The standard InChI is InChI=1S/C13H18N4/c1-9-5-10(2)12(15-6-9)13(14-3)11-7-16-17(4)8-11/h5-8,13-14H,1-4H3. The highest BCUT2D eigenvalue weighted by atomic mass is 15.2. The Balaban J connectivity index is 2.42. The topological polar surface area (TPSA) is 42.7 Å². The van der Waals surface area contributed by atoms with Crippen molar-refractivity contribution in [3.8, 4) is 0 Å². The van der Waals surface area contributed by atoms with Crippen molar-refractivity contribution in [1.82, 2.24) is 20.1 Å². The average molecular weight is 230 g/mol. The van der Waals surface area contributed by atoms with E-state index in [0.29, 0.717) is 0 Å². The number of aromatic nitrogens is 3. The van der Waals surface area contributed by atoms with Crippen LogP contribution in [-0.2, 0) is 7.05 Å². The van der Waals surface area contributed by atoms with E-state index in [2.05, 4.69) is 35.3 Å². The maximum Gasteiger partial charge on any atom is 0.0782 e. The van der Waals surface area contributed by atoms with Crippen LogP contribution in [0.1, 0.15) is 28.4 Å². The Kier molecular flexibility index (Phi) is 3.24. The van der Waals surface area contributed by atoms with Crippen molar-refractivity contribution >= 4 is 0 Å². The Morgan fingerprint density at radius 1 is 1.29 bits per heavy atom. The molecule has 1 N–H and O–H groups in total. The number of nitrogens with one attached hydrogen (secondary N) is 1. The molecule has 0 saturated carbocycles. The van der Waals surface area contributed by atoms with Crippen molar-refractivity contribution in [2.45, 2.75) is 19.9 Å². The second-order valence-electron chi connectivity index (χ2n) is 4.38. The van der Waals surface area contributed by atoms with Gasteiger partial charge < -0.3 is 5.32 Å². The molecule has 0 aliphatic heterocycles. The highest BCUT2D eigenvalue weighted by Crippen LogP contribution is 2.22. The maximum atomic E-state index is 4.54. The van der Waals surface area contributed by atoms with Crippen LogP contribution in [0.4, 0.5) is 0 Å². The van der Waals surface area contributed by atoms with Crippen LogP contribution in [0.5, 0.6) is 0 Å². The molecule has 2 aromatic rings. The lowest BCUT2D eigenvalue weighted by Gasteiger charge is -2.16. The van der Waals surface area contributed by atoms with Crippen molar-refractivity contribution in [1.29, 1.82) is 0 Å². The first-order chi connectivity index (χ1) is 8.11. The van der Waals surface area contributed by atoms with Gasteiger partial charge in [0.25, 0.3) is 0 Å². The number of aryl methyl sites for hydroxylation is 3. The van der Waals surface area contributed by atoms with Gasteiger partial charge in [0.1, 0.15) is 0 Å². The zero-order valence-electron chi connectivity index (χ0n) is 10.7. The molecule has 4 nitrogen and oxygen atoms in total. The maximum absolute atomic E-state index is 4.54. The SMILES string of the molecule is CNC(c1cnn(C)c1)c1ncc(C)cc1C. The van der Waals surface area contributed by atoms with E-state index >= 15 is 0 Å². The molecule has 0 aromatic carbocycles. The van der Waals surface area contributed by atoms with Crippen molar-refractivity contribution in [2.24, 2.45) is 7.05 Å². The third-order valence-corrected chi connectivity index (χ3v) is 2.88. The molecule has 0 radical (unpaired) electrons. The number of hydrogen-bond acceptors (Lipinski definition) is 3. The van der Waals surface area contributed by atoms with Gasteiger partial charge in [0.2, 0.25) is 0 Å². The second-order valence-corrected chi connectivity index (χ2v) is 4.38. The lowest BCUT2D eigenvalue weighted by Crippen LogP contribution is -2.19. The normalized spacial score (nSPS) is 12.7. The van der Waals surface area contributed by atoms with E-state index in [-0.39, 0.29) is 6.04 Å². The van der Waals surface area contributed by atoms with Crippen molar-refractivity contribution in [2.75, 3.05) is 7.05 Å². The minimum Gasteiger partial charge on any atom is -0.308 e. The highest BCUT2D eigenvalue weighted by Gasteiger charge is 2.17. The predicted octanol–water partition coefficient (Wildman–Crippen LogP) is 1.74. The van der Waals surface area contributed by atoms with Crippen LogP contribution in [0, 0.1) is 13.8 Å². The lowest BCUT2D eigenvalue weighted by molar-refractivity contribution is 0.663. The third kappa shape index (κ3) is 2.36. The van der Waals surface area contributed by atoms with E-state index in [1.807, 2.05) is 37.4 Å². The fourth-order valence-electron chi connectivity index (χ4n) is 2.08. The fraction of sp³-hybridized carbons (Fsp3) is 0.385. The summed E-state index contributed by atoms with van der Waals surface area (Å²) in [6.45, 7) is 4.15. The van der Waals surface area contributed by atoms with Gasteiger partial charge in [0.15, 0.2) is 0 Å². The molecular weight excluding hydrogens is 212 g/mol. The molecule has 0 fully saturated rings. The molecule has 1 atom stereocenters. The molecule has 4 heteroatoms. The molecule has 17 heavy (non-hydrogen) atoms. The summed E-state index contributed by atoms with van der Waals surface area (Å²) in [5.74, 6) is 0. The Morgan fingerprint density at radius 3 is 2.59 bits per heavy atom. The summed E-state index contributed by atoms with van der Waals surface area (Å²) < 4.78 is 1.81. The summed E-state index contributed by atoms with van der Waals surface area (Å²) in [6, 6.07) is 2.26. The van der Waals surface area contributed by atoms with Gasteiger partial charge in [-0.15, -0.1) is 0 Å². The summed E-state index contributed by atoms with van der Waals surface area (Å²) in [5, 5.41) is 7.50. The molecular formula is C13H18N4. The number of rotatable bonds is 3. The van der Waals surface area contributed by atoms with Crippen LogP contribution in [0.2, 0.25) is 0 Å². The van der Waals surface area contributed by atoms with E-state index in [1.54, 1.807) is 0 Å². The Bertz CT molecular complexity index is 516. The first-order valence-corrected chi connectivity index (χ1v) is 5.70.